The van der Waals surface area contributed by atoms with Gasteiger partial charge in [0.05, 0.1) is 10.8 Å². The number of aliphatic carboxylic acids is 1. The first kappa shape index (κ1) is 15.8. The van der Waals surface area contributed by atoms with E-state index in [-0.39, 0.29) is 23.9 Å². The summed E-state index contributed by atoms with van der Waals surface area (Å²) < 4.78 is 51.9. The first-order chi connectivity index (χ1) is 9.71. The quantitative estimate of drug-likeness (QED) is 0.920. The van der Waals surface area contributed by atoms with Crippen LogP contribution in [0.4, 0.5) is 8.78 Å². The average molecular weight is 319 g/mol. The number of rotatable bonds is 3. The van der Waals surface area contributed by atoms with Crippen molar-refractivity contribution in [1.82, 2.24) is 4.31 Å². The summed E-state index contributed by atoms with van der Waals surface area (Å²) in [5.74, 6) is -4.37. The Bertz CT molecular complexity index is 662. The van der Waals surface area contributed by atoms with E-state index in [0.29, 0.717) is 12.5 Å². The van der Waals surface area contributed by atoms with Crippen molar-refractivity contribution in [2.45, 2.75) is 18.2 Å². The summed E-state index contributed by atoms with van der Waals surface area (Å²) in [5.41, 5.74) is 0. The Hall–Kier alpha value is -1.54. The van der Waals surface area contributed by atoms with Gasteiger partial charge in [0, 0.05) is 13.1 Å². The van der Waals surface area contributed by atoms with Crippen LogP contribution in [0.15, 0.2) is 23.1 Å². The number of hydrogen-bond acceptors (Lipinski definition) is 3. The second-order valence-corrected chi connectivity index (χ2v) is 7.21. The molecule has 2 atom stereocenters. The molecule has 1 aliphatic heterocycles. The largest absolute Gasteiger partial charge is 0.481 e. The monoisotopic (exact) mass is 319 g/mol. The van der Waals surface area contributed by atoms with Crippen molar-refractivity contribution in [3.8, 4) is 0 Å². The molecule has 0 aromatic heterocycles. The van der Waals surface area contributed by atoms with Gasteiger partial charge in [-0.15, -0.1) is 0 Å². The summed E-state index contributed by atoms with van der Waals surface area (Å²) >= 11 is 0. The highest BCUT2D eigenvalue weighted by atomic mass is 32.2. The van der Waals surface area contributed by atoms with E-state index in [2.05, 4.69) is 0 Å². The van der Waals surface area contributed by atoms with Gasteiger partial charge in [-0.3, -0.25) is 4.79 Å². The molecule has 116 valence electrons. The molecule has 2 rings (SSSR count). The summed E-state index contributed by atoms with van der Waals surface area (Å²) in [6, 6.07) is 2.33. The topological polar surface area (TPSA) is 74.7 Å². The van der Waals surface area contributed by atoms with Crippen LogP contribution in [0.25, 0.3) is 0 Å². The Morgan fingerprint density at radius 2 is 1.95 bits per heavy atom. The van der Waals surface area contributed by atoms with Crippen LogP contribution in [0, 0.1) is 23.5 Å². The van der Waals surface area contributed by atoms with E-state index in [1.807, 2.05) is 0 Å². The highest BCUT2D eigenvalue weighted by Crippen LogP contribution is 2.27. The van der Waals surface area contributed by atoms with Gasteiger partial charge in [0.1, 0.15) is 0 Å². The van der Waals surface area contributed by atoms with Gasteiger partial charge in [-0.25, -0.2) is 17.2 Å². The van der Waals surface area contributed by atoms with Crippen molar-refractivity contribution in [2.75, 3.05) is 13.1 Å². The van der Waals surface area contributed by atoms with Gasteiger partial charge in [-0.05, 0) is 30.5 Å². The van der Waals surface area contributed by atoms with Gasteiger partial charge >= 0.3 is 5.97 Å². The molecule has 1 fully saturated rings. The fourth-order valence-electron chi connectivity index (χ4n) is 2.46. The molecule has 1 saturated heterocycles. The third-order valence-electron chi connectivity index (χ3n) is 3.50. The second-order valence-electron chi connectivity index (χ2n) is 5.27. The minimum atomic E-state index is -4.04. The molecule has 0 spiro atoms. The molecule has 1 N–H and O–H groups in total. The normalized spacial score (nSPS) is 24.0. The smallest absolute Gasteiger partial charge is 0.307 e. The number of carboxylic acid groups (broad SMARTS) is 1. The molecule has 0 amide bonds. The van der Waals surface area contributed by atoms with Gasteiger partial charge < -0.3 is 5.11 Å². The SMILES string of the molecule is CC1CC(C(=O)O)CN(S(=O)(=O)c2ccc(F)c(F)c2)C1. The summed E-state index contributed by atoms with van der Waals surface area (Å²) in [6.07, 6.45) is 0.388. The molecule has 1 aromatic carbocycles. The van der Waals surface area contributed by atoms with Crippen LogP contribution in [-0.4, -0.2) is 36.9 Å². The molecule has 0 radical (unpaired) electrons. The molecule has 0 aliphatic carbocycles. The third-order valence-corrected chi connectivity index (χ3v) is 5.33. The summed E-state index contributed by atoms with van der Waals surface area (Å²) in [7, 11) is -4.04. The maximum absolute atomic E-state index is 13.2. The minimum absolute atomic E-state index is 0.125. The Labute approximate surface area is 121 Å². The Balaban J connectivity index is 2.33. The predicted octanol–water partition coefficient (Wildman–Crippen LogP) is 1.70. The predicted molar refractivity (Wildman–Crippen MR) is 70.0 cm³/mol. The molecule has 1 heterocycles. The Morgan fingerprint density at radius 3 is 2.52 bits per heavy atom. The van der Waals surface area contributed by atoms with E-state index >= 15 is 0 Å². The van der Waals surface area contributed by atoms with Crippen molar-refractivity contribution in [1.29, 1.82) is 0 Å². The zero-order valence-electron chi connectivity index (χ0n) is 11.3. The van der Waals surface area contributed by atoms with Crippen LogP contribution in [0.1, 0.15) is 13.3 Å². The number of halogens is 2. The molecule has 5 nitrogen and oxygen atoms in total. The number of hydrogen-bond donors (Lipinski definition) is 1. The molecule has 21 heavy (non-hydrogen) atoms. The fourth-order valence-corrected chi connectivity index (χ4v) is 4.08. The molecule has 0 saturated carbocycles. The van der Waals surface area contributed by atoms with Gasteiger partial charge in [0.2, 0.25) is 10.0 Å². The fraction of sp³-hybridized carbons (Fsp3) is 0.462. The van der Waals surface area contributed by atoms with Gasteiger partial charge in [0.15, 0.2) is 11.6 Å². The standard InChI is InChI=1S/C13H15F2NO4S/c1-8-4-9(13(17)18)7-16(6-8)21(19,20)10-2-3-11(14)12(15)5-10/h2-3,5,8-9H,4,6-7H2,1H3,(H,17,18). The number of sulfonamides is 1. The first-order valence-corrected chi connectivity index (χ1v) is 7.84. The van der Waals surface area contributed by atoms with Crippen LogP contribution in [0.2, 0.25) is 0 Å². The molecular formula is C13H15F2NO4S. The molecular weight excluding hydrogens is 304 g/mol. The molecule has 1 aliphatic rings. The lowest BCUT2D eigenvalue weighted by molar-refractivity contribution is -0.143. The van der Waals surface area contributed by atoms with Gasteiger partial charge in [-0.2, -0.15) is 4.31 Å². The summed E-state index contributed by atoms with van der Waals surface area (Å²) in [6.45, 7) is 1.75. The highest BCUT2D eigenvalue weighted by Gasteiger charge is 2.36. The van der Waals surface area contributed by atoms with Crippen LogP contribution < -0.4 is 0 Å². The second kappa shape index (κ2) is 5.69. The van der Waals surface area contributed by atoms with Crippen molar-refractivity contribution >= 4 is 16.0 Å². The summed E-state index contributed by atoms with van der Waals surface area (Å²) in [4.78, 5) is 10.7. The average Bonchev–Trinajstić information content (AvgIpc) is 2.41. The van der Waals surface area contributed by atoms with E-state index in [0.717, 1.165) is 16.4 Å². The first-order valence-electron chi connectivity index (χ1n) is 6.40. The minimum Gasteiger partial charge on any atom is -0.481 e. The van der Waals surface area contributed by atoms with E-state index in [9.17, 15) is 22.0 Å². The summed E-state index contributed by atoms with van der Waals surface area (Å²) in [5, 5.41) is 9.06. The number of benzene rings is 1. The van der Waals surface area contributed by atoms with Crippen molar-refractivity contribution in [3.05, 3.63) is 29.8 Å². The zero-order chi connectivity index (χ0) is 15.8. The van der Waals surface area contributed by atoms with Crippen molar-refractivity contribution in [3.63, 3.8) is 0 Å². The number of carbonyl (C=O) groups is 1. The van der Waals surface area contributed by atoms with Crippen molar-refractivity contribution < 1.29 is 27.1 Å². The number of carboxylic acids is 1. The van der Waals surface area contributed by atoms with Gasteiger partial charge in [-0.1, -0.05) is 6.92 Å². The lowest BCUT2D eigenvalue weighted by atomic mass is 9.92. The third kappa shape index (κ3) is 3.21. The maximum atomic E-state index is 13.2. The highest BCUT2D eigenvalue weighted by molar-refractivity contribution is 7.89. The molecule has 1 aromatic rings. The zero-order valence-corrected chi connectivity index (χ0v) is 12.1. The lowest BCUT2D eigenvalue weighted by Gasteiger charge is -2.33. The van der Waals surface area contributed by atoms with Crippen LogP contribution >= 0.6 is 0 Å². The van der Waals surface area contributed by atoms with Crippen LogP contribution in [0.3, 0.4) is 0 Å². The van der Waals surface area contributed by atoms with Gasteiger partial charge in [0.25, 0.3) is 0 Å². The van der Waals surface area contributed by atoms with E-state index < -0.39 is 33.5 Å². The molecule has 2 unspecified atom stereocenters. The Morgan fingerprint density at radius 1 is 1.29 bits per heavy atom. The number of piperidine rings is 1. The molecule has 0 bridgehead atoms. The number of nitrogens with zero attached hydrogens (tertiary/aromatic N) is 1. The van der Waals surface area contributed by atoms with E-state index in [4.69, 9.17) is 5.11 Å². The van der Waals surface area contributed by atoms with Crippen LogP contribution in [0.5, 0.6) is 0 Å². The maximum Gasteiger partial charge on any atom is 0.307 e. The lowest BCUT2D eigenvalue weighted by Crippen LogP contribution is -2.45. The van der Waals surface area contributed by atoms with Crippen LogP contribution in [-0.2, 0) is 14.8 Å². The Kier molecular flexibility index (Phi) is 4.29. The van der Waals surface area contributed by atoms with E-state index in [1.165, 1.54) is 0 Å². The molecule has 8 heteroatoms. The van der Waals surface area contributed by atoms with E-state index in [1.54, 1.807) is 6.92 Å². The van der Waals surface area contributed by atoms with Crippen molar-refractivity contribution in [2.24, 2.45) is 11.8 Å².